The van der Waals surface area contributed by atoms with E-state index in [4.69, 9.17) is 0 Å². The Balaban J connectivity index is 0.715. The third kappa shape index (κ3) is 11.1. The molecule has 5 nitrogen and oxygen atoms in total. The minimum Gasteiger partial charge on any atom is -0.301 e. The molecule has 0 aromatic heterocycles. The largest absolute Gasteiger partial charge is 0.301 e. The Morgan fingerprint density at radius 1 is 0.286 bits per heavy atom. The molecule has 0 amide bonds. The SMILES string of the molecule is CC1CC(C2CNC(C3CCCCC3)NC2)CCC1N1C2CCC(C3CCC(N(C4CCCCC4)C4CCCCC4)CC3)CC2C2CC(C3CCC(N(C4CCCCC4)C4CCCCC4)CC3)CCC21. The molecule has 2 saturated heterocycles. The number of fused-ring (bicyclic) bond motifs is 3. The molecule has 9 atom stereocenters. The van der Waals surface area contributed by atoms with Crippen molar-refractivity contribution in [3.8, 4) is 0 Å². The summed E-state index contributed by atoms with van der Waals surface area (Å²) < 4.78 is 0. The quantitative estimate of drug-likeness (QED) is 0.216. The molecule has 0 aromatic rings. The van der Waals surface area contributed by atoms with Gasteiger partial charge >= 0.3 is 0 Å². The monoisotopic (exact) mass is 964 g/mol. The summed E-state index contributed by atoms with van der Waals surface area (Å²) in [6, 6.07) is 8.17. The first-order chi connectivity index (χ1) is 34.6. The van der Waals surface area contributed by atoms with Gasteiger partial charge in [0.25, 0.3) is 0 Å². The van der Waals surface area contributed by atoms with Crippen LogP contribution in [0.2, 0.25) is 0 Å². The number of rotatable bonds is 11. The zero-order chi connectivity index (χ0) is 46.8. The zero-order valence-corrected chi connectivity index (χ0v) is 46.0. The van der Waals surface area contributed by atoms with Crippen LogP contribution in [0.25, 0.3) is 0 Å². The van der Waals surface area contributed by atoms with Crippen LogP contribution in [0.5, 0.6) is 0 Å². The van der Waals surface area contributed by atoms with Crippen molar-refractivity contribution in [1.29, 1.82) is 0 Å². The summed E-state index contributed by atoms with van der Waals surface area (Å²) in [6.45, 7) is 5.32. The maximum absolute atomic E-state index is 4.10. The van der Waals surface area contributed by atoms with Gasteiger partial charge in [-0.15, -0.1) is 0 Å². The lowest BCUT2D eigenvalue weighted by Gasteiger charge is -2.50. The van der Waals surface area contributed by atoms with Gasteiger partial charge in [0.05, 0.1) is 6.17 Å². The summed E-state index contributed by atoms with van der Waals surface area (Å²) in [6.07, 6.45) is 64.4. The fourth-order valence-electron chi connectivity index (χ4n) is 21.9. The topological polar surface area (TPSA) is 33.8 Å². The molecule has 10 aliphatic carbocycles. The molecule has 0 aromatic carbocycles. The number of nitrogens with zero attached hydrogens (tertiary/aromatic N) is 3. The number of hydrogen-bond donors (Lipinski definition) is 2. The lowest BCUT2D eigenvalue weighted by atomic mass is 9.62. The first kappa shape index (κ1) is 50.6. The van der Waals surface area contributed by atoms with Crippen molar-refractivity contribution in [1.82, 2.24) is 25.3 Å². The van der Waals surface area contributed by atoms with Crippen LogP contribution < -0.4 is 10.6 Å². The van der Waals surface area contributed by atoms with Crippen LogP contribution in [-0.4, -0.2) is 88.3 Å². The summed E-state index contributed by atoms with van der Waals surface area (Å²) >= 11 is 0. The normalized spacial score (nSPS) is 44.4. The van der Waals surface area contributed by atoms with E-state index in [0.29, 0.717) is 6.17 Å². The molecule has 2 heterocycles. The lowest BCUT2D eigenvalue weighted by Crippen LogP contribution is -2.58. The van der Waals surface area contributed by atoms with E-state index in [1.807, 2.05) is 0 Å². The number of likely N-dealkylation sites (tertiary alicyclic amines) is 1. The van der Waals surface area contributed by atoms with Crippen molar-refractivity contribution in [2.24, 2.45) is 59.2 Å². The van der Waals surface area contributed by atoms with Crippen LogP contribution in [0.1, 0.15) is 277 Å². The molecule has 0 radical (unpaired) electrons. The van der Waals surface area contributed by atoms with E-state index in [0.717, 1.165) is 114 Å². The molecular weight excluding hydrogens is 851 g/mol. The number of hydrogen-bond acceptors (Lipinski definition) is 5. The van der Waals surface area contributed by atoms with Gasteiger partial charge in [0.15, 0.2) is 0 Å². The summed E-state index contributed by atoms with van der Waals surface area (Å²) in [4.78, 5) is 9.94. The Morgan fingerprint density at radius 3 is 1.00 bits per heavy atom. The van der Waals surface area contributed by atoms with Gasteiger partial charge in [0.2, 0.25) is 0 Å². The summed E-state index contributed by atoms with van der Waals surface area (Å²) in [5.41, 5.74) is 0. The van der Waals surface area contributed by atoms with Crippen LogP contribution in [-0.2, 0) is 0 Å². The van der Waals surface area contributed by atoms with Crippen molar-refractivity contribution in [2.75, 3.05) is 13.1 Å². The Morgan fingerprint density at radius 2 is 0.614 bits per heavy atom. The van der Waals surface area contributed by atoms with Gasteiger partial charge in [-0.25, -0.2) is 0 Å². The van der Waals surface area contributed by atoms with Crippen molar-refractivity contribution in [3.05, 3.63) is 0 Å². The van der Waals surface area contributed by atoms with E-state index < -0.39 is 0 Å². The third-order valence-corrected chi connectivity index (χ3v) is 25.3. The molecule has 12 rings (SSSR count). The van der Waals surface area contributed by atoms with Crippen molar-refractivity contribution in [3.63, 3.8) is 0 Å². The molecule has 0 bridgehead atoms. The first-order valence-corrected chi connectivity index (χ1v) is 33.4. The maximum atomic E-state index is 4.10. The molecule has 10 saturated carbocycles. The minimum absolute atomic E-state index is 0.592. The van der Waals surface area contributed by atoms with Gasteiger partial charge in [-0.3, -0.25) is 14.7 Å². The van der Waals surface area contributed by atoms with Gasteiger partial charge in [0, 0.05) is 67.5 Å². The predicted octanol–water partition coefficient (Wildman–Crippen LogP) is 15.4. The fourth-order valence-corrected chi connectivity index (χ4v) is 21.9. The van der Waals surface area contributed by atoms with E-state index >= 15 is 0 Å². The minimum atomic E-state index is 0.592. The fraction of sp³-hybridized carbons (Fsp3) is 1.00. The van der Waals surface area contributed by atoms with Gasteiger partial charge in [0.1, 0.15) is 0 Å². The van der Waals surface area contributed by atoms with Crippen LogP contribution >= 0.6 is 0 Å². The molecule has 398 valence electrons. The Hall–Kier alpha value is -0.200. The van der Waals surface area contributed by atoms with Crippen molar-refractivity contribution in [2.45, 2.75) is 337 Å². The standard InChI is InChI=1S/C65H113N5/c1-46-41-50(53-44-66-65(67-45-53)49-17-7-2-8-18-49)31-38-62(46)70-63-39-32-51(47-27-34-58(35-28-47)68(54-19-9-3-10-20-54)55-21-11-4-12-22-55)42-60(63)61-43-52(33-40-64(61)70)48-29-36-59(37-30-48)69(56-23-13-5-14-24-56)57-25-15-6-16-26-57/h46-67H,2-45H2,1H3. The van der Waals surface area contributed by atoms with Gasteiger partial charge in [-0.2, -0.15) is 0 Å². The van der Waals surface area contributed by atoms with Crippen molar-refractivity contribution >= 4 is 0 Å². The van der Waals surface area contributed by atoms with E-state index in [-0.39, 0.29) is 0 Å². The number of nitrogens with one attached hydrogen (secondary N) is 2. The lowest BCUT2D eigenvalue weighted by molar-refractivity contribution is -0.00719. The highest BCUT2D eigenvalue weighted by molar-refractivity contribution is 5.10. The van der Waals surface area contributed by atoms with E-state index in [9.17, 15) is 0 Å². The Bertz CT molecular complexity index is 1430. The molecule has 5 heteroatoms. The van der Waals surface area contributed by atoms with Crippen LogP contribution in [0.3, 0.4) is 0 Å². The molecule has 12 aliphatic rings. The third-order valence-electron chi connectivity index (χ3n) is 25.3. The second kappa shape index (κ2) is 24.0. The first-order valence-electron chi connectivity index (χ1n) is 33.4. The Labute approximate surface area is 432 Å². The highest BCUT2D eigenvalue weighted by atomic mass is 15.3. The van der Waals surface area contributed by atoms with Gasteiger partial charge in [-0.05, 0) is 233 Å². The van der Waals surface area contributed by atoms with E-state index in [1.54, 1.807) is 64.2 Å². The highest BCUT2D eigenvalue weighted by Crippen LogP contribution is 2.58. The average Bonchev–Trinajstić information content (AvgIpc) is 3.75. The van der Waals surface area contributed by atoms with E-state index in [1.165, 1.54) is 219 Å². The van der Waals surface area contributed by atoms with Crippen LogP contribution in [0.15, 0.2) is 0 Å². The molecule has 70 heavy (non-hydrogen) atoms. The summed E-state index contributed by atoms with van der Waals surface area (Å²) in [5.74, 6) is 9.62. The molecule has 2 aliphatic heterocycles. The van der Waals surface area contributed by atoms with Crippen LogP contribution in [0, 0.1) is 59.2 Å². The molecular formula is C65H113N5. The average molecular weight is 965 g/mol. The van der Waals surface area contributed by atoms with Crippen molar-refractivity contribution < 1.29 is 0 Å². The summed E-state index contributed by atoms with van der Waals surface area (Å²) in [5, 5.41) is 8.21. The van der Waals surface area contributed by atoms with E-state index in [2.05, 4.69) is 32.3 Å². The van der Waals surface area contributed by atoms with Crippen LogP contribution in [0.4, 0.5) is 0 Å². The molecule has 9 unspecified atom stereocenters. The predicted molar refractivity (Wildman–Crippen MR) is 294 cm³/mol. The summed E-state index contributed by atoms with van der Waals surface area (Å²) in [7, 11) is 0. The molecule has 0 spiro atoms. The Kier molecular flexibility index (Phi) is 17.3. The maximum Gasteiger partial charge on any atom is 0.0600 e. The highest BCUT2D eigenvalue weighted by Gasteiger charge is 2.57. The molecule has 12 fully saturated rings. The molecule has 2 N–H and O–H groups in total. The van der Waals surface area contributed by atoms with Gasteiger partial charge < -0.3 is 10.6 Å². The zero-order valence-electron chi connectivity index (χ0n) is 46.0. The second-order valence-electron chi connectivity index (χ2n) is 28.8. The smallest absolute Gasteiger partial charge is 0.0600 e. The van der Waals surface area contributed by atoms with Gasteiger partial charge in [-0.1, -0.05) is 103 Å². The second-order valence-corrected chi connectivity index (χ2v) is 28.8.